The fourth-order valence-electron chi connectivity index (χ4n) is 2.95. The lowest BCUT2D eigenvalue weighted by molar-refractivity contribution is -0.118. The summed E-state index contributed by atoms with van der Waals surface area (Å²) in [7, 11) is 0. The van der Waals surface area contributed by atoms with Crippen molar-refractivity contribution in [1.29, 1.82) is 0 Å². The SMILES string of the molecule is O=C(Nc1ccn(Cc2ccccn2)n1)C1(c2ccc(F)cc2)CC1. The third-order valence-corrected chi connectivity index (χ3v) is 4.51. The van der Waals surface area contributed by atoms with Crippen molar-refractivity contribution in [3.8, 4) is 0 Å². The lowest BCUT2D eigenvalue weighted by Gasteiger charge is -2.14. The molecule has 6 heteroatoms. The van der Waals surface area contributed by atoms with Crippen LogP contribution >= 0.6 is 0 Å². The first-order valence-corrected chi connectivity index (χ1v) is 8.17. The molecule has 1 N–H and O–H groups in total. The maximum atomic E-state index is 13.1. The molecule has 126 valence electrons. The molecule has 1 aromatic carbocycles. The topological polar surface area (TPSA) is 59.8 Å². The molecule has 1 fully saturated rings. The van der Waals surface area contributed by atoms with Crippen molar-refractivity contribution in [2.75, 3.05) is 5.32 Å². The molecule has 2 heterocycles. The smallest absolute Gasteiger partial charge is 0.236 e. The predicted molar refractivity (Wildman–Crippen MR) is 91.5 cm³/mol. The molecule has 1 amide bonds. The maximum Gasteiger partial charge on any atom is 0.236 e. The zero-order valence-electron chi connectivity index (χ0n) is 13.5. The van der Waals surface area contributed by atoms with Gasteiger partial charge in [0, 0.05) is 18.5 Å². The molecule has 1 aliphatic rings. The van der Waals surface area contributed by atoms with Crippen LogP contribution in [0.25, 0.3) is 0 Å². The van der Waals surface area contributed by atoms with E-state index >= 15 is 0 Å². The van der Waals surface area contributed by atoms with Crippen molar-refractivity contribution in [2.24, 2.45) is 0 Å². The normalized spacial score (nSPS) is 14.9. The number of halogens is 1. The van der Waals surface area contributed by atoms with Crippen LogP contribution in [0.4, 0.5) is 10.2 Å². The van der Waals surface area contributed by atoms with Crippen molar-refractivity contribution in [3.05, 3.63) is 78.0 Å². The summed E-state index contributed by atoms with van der Waals surface area (Å²) in [4.78, 5) is 16.9. The van der Waals surface area contributed by atoms with Gasteiger partial charge in [-0.25, -0.2) is 4.39 Å². The van der Waals surface area contributed by atoms with Gasteiger partial charge in [-0.15, -0.1) is 0 Å². The van der Waals surface area contributed by atoms with Crippen molar-refractivity contribution in [3.63, 3.8) is 0 Å². The third kappa shape index (κ3) is 3.15. The van der Waals surface area contributed by atoms with Crippen molar-refractivity contribution in [1.82, 2.24) is 14.8 Å². The minimum atomic E-state index is -0.557. The standard InChI is InChI=1S/C19H17FN4O/c20-15-6-4-14(5-7-15)19(9-10-19)18(25)22-17-8-12-24(23-17)13-16-3-1-2-11-21-16/h1-8,11-12H,9-10,13H2,(H,22,23,25). The second kappa shape index (κ2) is 6.12. The van der Waals surface area contributed by atoms with E-state index in [9.17, 15) is 9.18 Å². The Bertz CT molecular complexity index is 885. The van der Waals surface area contributed by atoms with Gasteiger partial charge in [-0.05, 0) is 42.7 Å². The number of benzene rings is 1. The Kier molecular flexibility index (Phi) is 3.80. The Labute approximate surface area is 144 Å². The van der Waals surface area contributed by atoms with E-state index in [1.54, 1.807) is 29.1 Å². The van der Waals surface area contributed by atoms with E-state index in [0.717, 1.165) is 24.1 Å². The molecule has 0 bridgehead atoms. The Hall–Kier alpha value is -3.02. The van der Waals surface area contributed by atoms with Crippen molar-refractivity contribution in [2.45, 2.75) is 24.8 Å². The van der Waals surface area contributed by atoms with E-state index in [2.05, 4.69) is 15.4 Å². The lowest BCUT2D eigenvalue weighted by Crippen LogP contribution is -2.28. The van der Waals surface area contributed by atoms with E-state index in [0.29, 0.717) is 12.4 Å². The van der Waals surface area contributed by atoms with Gasteiger partial charge in [0.2, 0.25) is 5.91 Å². The fraction of sp³-hybridized carbons (Fsp3) is 0.211. The summed E-state index contributed by atoms with van der Waals surface area (Å²) in [6, 6.07) is 13.6. The van der Waals surface area contributed by atoms with Crippen LogP contribution in [0.1, 0.15) is 24.1 Å². The number of carbonyl (C=O) groups is 1. The lowest BCUT2D eigenvalue weighted by atomic mass is 9.95. The largest absolute Gasteiger partial charge is 0.308 e. The van der Waals surface area contributed by atoms with Gasteiger partial charge in [-0.2, -0.15) is 5.10 Å². The summed E-state index contributed by atoms with van der Waals surface area (Å²) < 4.78 is 14.8. The van der Waals surface area contributed by atoms with E-state index < -0.39 is 5.41 Å². The van der Waals surface area contributed by atoms with Crippen LogP contribution in [0.5, 0.6) is 0 Å². The molecule has 3 aromatic rings. The van der Waals surface area contributed by atoms with E-state index in [1.807, 2.05) is 24.4 Å². The number of hydrogen-bond donors (Lipinski definition) is 1. The highest BCUT2D eigenvalue weighted by Crippen LogP contribution is 2.48. The Morgan fingerprint density at radius 2 is 1.96 bits per heavy atom. The van der Waals surface area contributed by atoms with Gasteiger partial charge in [0.05, 0.1) is 17.7 Å². The fourth-order valence-corrected chi connectivity index (χ4v) is 2.95. The van der Waals surface area contributed by atoms with Gasteiger partial charge >= 0.3 is 0 Å². The second-order valence-electron chi connectivity index (χ2n) is 6.26. The number of nitrogens with zero attached hydrogens (tertiary/aromatic N) is 3. The number of carbonyl (C=O) groups excluding carboxylic acids is 1. The van der Waals surface area contributed by atoms with Crippen molar-refractivity contribution >= 4 is 11.7 Å². The highest BCUT2D eigenvalue weighted by molar-refractivity contribution is 6.00. The van der Waals surface area contributed by atoms with Crippen LogP contribution in [0.3, 0.4) is 0 Å². The van der Waals surface area contributed by atoms with Crippen LogP contribution in [0, 0.1) is 5.82 Å². The summed E-state index contributed by atoms with van der Waals surface area (Å²) >= 11 is 0. The molecule has 0 atom stereocenters. The number of rotatable bonds is 5. The van der Waals surface area contributed by atoms with Crippen molar-refractivity contribution < 1.29 is 9.18 Å². The summed E-state index contributed by atoms with van der Waals surface area (Å²) in [5.74, 6) is 0.115. The van der Waals surface area contributed by atoms with Crippen LogP contribution in [-0.2, 0) is 16.8 Å². The van der Waals surface area contributed by atoms with Crippen LogP contribution < -0.4 is 5.32 Å². The van der Waals surface area contributed by atoms with E-state index in [-0.39, 0.29) is 11.7 Å². The van der Waals surface area contributed by atoms with Crippen LogP contribution in [0.15, 0.2) is 60.9 Å². The number of aromatic nitrogens is 3. The average Bonchev–Trinajstić information content (AvgIpc) is 3.33. The van der Waals surface area contributed by atoms with Gasteiger partial charge < -0.3 is 5.32 Å². The Morgan fingerprint density at radius 1 is 1.16 bits per heavy atom. The molecular weight excluding hydrogens is 319 g/mol. The average molecular weight is 336 g/mol. The first kappa shape index (κ1) is 15.5. The van der Waals surface area contributed by atoms with Gasteiger partial charge in [0.15, 0.2) is 5.82 Å². The Balaban J connectivity index is 1.45. The van der Waals surface area contributed by atoms with Gasteiger partial charge in [-0.3, -0.25) is 14.5 Å². The number of pyridine rings is 1. The Morgan fingerprint density at radius 3 is 2.64 bits per heavy atom. The molecule has 1 aliphatic carbocycles. The number of hydrogen-bond acceptors (Lipinski definition) is 3. The highest BCUT2D eigenvalue weighted by atomic mass is 19.1. The second-order valence-corrected chi connectivity index (χ2v) is 6.26. The molecule has 0 unspecified atom stereocenters. The molecular formula is C19H17FN4O. The minimum Gasteiger partial charge on any atom is -0.308 e. The van der Waals surface area contributed by atoms with Gasteiger partial charge in [0.1, 0.15) is 5.82 Å². The number of amides is 1. The monoisotopic (exact) mass is 336 g/mol. The first-order chi connectivity index (χ1) is 12.2. The maximum absolute atomic E-state index is 13.1. The molecule has 2 aromatic heterocycles. The summed E-state index contributed by atoms with van der Waals surface area (Å²) in [6.45, 7) is 0.541. The molecule has 0 saturated heterocycles. The molecule has 1 saturated carbocycles. The van der Waals surface area contributed by atoms with Crippen LogP contribution in [0.2, 0.25) is 0 Å². The molecule has 5 nitrogen and oxygen atoms in total. The molecule has 0 radical (unpaired) electrons. The number of nitrogens with one attached hydrogen (secondary N) is 1. The van der Waals surface area contributed by atoms with E-state index in [1.165, 1.54) is 12.1 Å². The van der Waals surface area contributed by atoms with Gasteiger partial charge in [0.25, 0.3) is 0 Å². The first-order valence-electron chi connectivity index (χ1n) is 8.17. The van der Waals surface area contributed by atoms with Gasteiger partial charge in [-0.1, -0.05) is 18.2 Å². The quantitative estimate of drug-likeness (QED) is 0.779. The number of anilines is 1. The zero-order valence-corrected chi connectivity index (χ0v) is 13.5. The molecule has 4 rings (SSSR count). The zero-order chi connectivity index (χ0) is 17.3. The predicted octanol–water partition coefficient (Wildman–Crippen LogP) is 3.14. The third-order valence-electron chi connectivity index (χ3n) is 4.51. The van der Waals surface area contributed by atoms with E-state index in [4.69, 9.17) is 0 Å². The highest BCUT2D eigenvalue weighted by Gasteiger charge is 2.51. The summed E-state index contributed by atoms with van der Waals surface area (Å²) in [5, 5.41) is 7.26. The molecule has 0 spiro atoms. The summed E-state index contributed by atoms with van der Waals surface area (Å²) in [6.07, 6.45) is 5.07. The summed E-state index contributed by atoms with van der Waals surface area (Å²) in [5.41, 5.74) is 1.19. The molecule has 0 aliphatic heterocycles. The van der Waals surface area contributed by atoms with Crippen LogP contribution in [-0.4, -0.2) is 20.7 Å². The molecule has 25 heavy (non-hydrogen) atoms. The minimum absolute atomic E-state index is 0.0952.